The summed E-state index contributed by atoms with van der Waals surface area (Å²) in [5.74, 6) is 3.97. The van der Waals surface area contributed by atoms with Crippen LogP contribution in [0.4, 0.5) is 0 Å². The first-order valence-electron chi connectivity index (χ1n) is 6.46. The lowest BCUT2D eigenvalue weighted by Gasteiger charge is -2.55. The van der Waals surface area contributed by atoms with Gasteiger partial charge in [-0.3, -0.25) is 0 Å². The maximum atomic E-state index is 4.45. The Balaban J connectivity index is 1.77. The van der Waals surface area contributed by atoms with Crippen molar-refractivity contribution in [1.29, 1.82) is 0 Å². The number of rotatable bonds is 1. The summed E-state index contributed by atoms with van der Waals surface area (Å²) >= 11 is 0. The fourth-order valence-corrected chi connectivity index (χ4v) is 4.90. The first-order valence-corrected chi connectivity index (χ1v) is 6.46. The molecule has 84 valence electrons. The van der Waals surface area contributed by atoms with Gasteiger partial charge >= 0.3 is 0 Å². The summed E-state index contributed by atoms with van der Waals surface area (Å²) in [7, 11) is 0. The van der Waals surface area contributed by atoms with Crippen LogP contribution in [0.15, 0.2) is 12.7 Å². The van der Waals surface area contributed by atoms with Crippen LogP contribution in [-0.2, 0) is 5.41 Å². The van der Waals surface area contributed by atoms with Crippen LogP contribution in [0.2, 0.25) is 0 Å². The van der Waals surface area contributed by atoms with E-state index in [-0.39, 0.29) is 0 Å². The van der Waals surface area contributed by atoms with Crippen molar-refractivity contribution >= 4 is 0 Å². The molecule has 0 amide bonds. The van der Waals surface area contributed by atoms with E-state index in [1.54, 1.807) is 12.7 Å². The van der Waals surface area contributed by atoms with Gasteiger partial charge in [-0.15, -0.1) is 0 Å². The molecule has 4 aliphatic rings. The summed E-state index contributed by atoms with van der Waals surface area (Å²) in [5.41, 5.74) is 0.331. The van der Waals surface area contributed by atoms with E-state index < -0.39 is 0 Å². The first-order chi connectivity index (χ1) is 7.84. The summed E-state index contributed by atoms with van der Waals surface area (Å²) in [5, 5.41) is 0. The van der Waals surface area contributed by atoms with Gasteiger partial charge in [0.15, 0.2) is 0 Å². The van der Waals surface area contributed by atoms with Crippen LogP contribution in [0, 0.1) is 17.8 Å². The van der Waals surface area contributed by atoms with Gasteiger partial charge in [-0.1, -0.05) is 0 Å². The highest BCUT2D eigenvalue weighted by Crippen LogP contribution is 2.59. The van der Waals surface area contributed by atoms with Crippen LogP contribution < -0.4 is 0 Å². The largest absolute Gasteiger partial charge is 0.225 e. The average molecular weight is 215 g/mol. The van der Waals surface area contributed by atoms with Crippen molar-refractivity contribution in [1.82, 2.24) is 15.0 Å². The van der Waals surface area contributed by atoms with Gasteiger partial charge in [0.05, 0.1) is 0 Å². The third-order valence-corrected chi connectivity index (χ3v) is 5.01. The van der Waals surface area contributed by atoms with E-state index in [0.717, 1.165) is 23.6 Å². The molecule has 0 radical (unpaired) electrons. The van der Waals surface area contributed by atoms with E-state index in [1.165, 1.54) is 38.5 Å². The van der Waals surface area contributed by atoms with Gasteiger partial charge in [0.1, 0.15) is 18.5 Å². The lowest BCUT2D eigenvalue weighted by Crippen LogP contribution is -2.49. The maximum Gasteiger partial charge on any atom is 0.138 e. The monoisotopic (exact) mass is 215 g/mol. The molecular formula is C13H17N3. The summed E-state index contributed by atoms with van der Waals surface area (Å²) < 4.78 is 0. The van der Waals surface area contributed by atoms with Gasteiger partial charge in [-0.05, 0) is 56.3 Å². The molecule has 1 aromatic heterocycles. The number of aromatic nitrogens is 3. The molecule has 0 unspecified atom stereocenters. The number of nitrogens with zero attached hydrogens (tertiary/aromatic N) is 3. The van der Waals surface area contributed by atoms with Crippen molar-refractivity contribution in [3.05, 3.63) is 18.5 Å². The summed E-state index contributed by atoms with van der Waals surface area (Å²) in [6, 6.07) is 0. The van der Waals surface area contributed by atoms with Crippen molar-refractivity contribution in [3.8, 4) is 0 Å². The molecule has 0 aliphatic heterocycles. The Kier molecular flexibility index (Phi) is 1.72. The summed E-state index contributed by atoms with van der Waals surface area (Å²) in [6.45, 7) is 0. The molecular weight excluding hydrogens is 198 g/mol. The molecule has 4 aliphatic carbocycles. The smallest absolute Gasteiger partial charge is 0.138 e. The van der Waals surface area contributed by atoms with Crippen molar-refractivity contribution in [3.63, 3.8) is 0 Å². The van der Waals surface area contributed by atoms with Gasteiger partial charge in [-0.25, -0.2) is 15.0 Å². The zero-order valence-electron chi connectivity index (χ0n) is 9.47. The van der Waals surface area contributed by atoms with Crippen molar-refractivity contribution in [2.24, 2.45) is 17.8 Å². The number of hydrogen-bond acceptors (Lipinski definition) is 3. The minimum absolute atomic E-state index is 0.331. The average Bonchev–Trinajstić information content (AvgIpc) is 2.28. The second kappa shape index (κ2) is 3.02. The molecule has 0 N–H and O–H groups in total. The maximum absolute atomic E-state index is 4.45. The molecule has 0 saturated heterocycles. The van der Waals surface area contributed by atoms with Gasteiger partial charge in [0.25, 0.3) is 0 Å². The fourth-order valence-electron chi connectivity index (χ4n) is 4.90. The van der Waals surface area contributed by atoms with E-state index >= 15 is 0 Å². The number of hydrogen-bond donors (Lipinski definition) is 0. The van der Waals surface area contributed by atoms with Crippen LogP contribution in [0.5, 0.6) is 0 Å². The third-order valence-electron chi connectivity index (χ3n) is 5.01. The zero-order valence-corrected chi connectivity index (χ0v) is 9.47. The minimum atomic E-state index is 0.331. The zero-order chi connectivity index (χ0) is 10.6. The molecule has 3 nitrogen and oxygen atoms in total. The highest BCUT2D eigenvalue weighted by atomic mass is 15.0. The molecule has 5 rings (SSSR count). The van der Waals surface area contributed by atoms with Crippen molar-refractivity contribution in [2.75, 3.05) is 0 Å². The second-order valence-corrected chi connectivity index (χ2v) is 6.16. The summed E-state index contributed by atoms with van der Waals surface area (Å²) in [6.07, 6.45) is 11.8. The van der Waals surface area contributed by atoms with E-state index in [2.05, 4.69) is 15.0 Å². The highest BCUT2D eigenvalue weighted by molar-refractivity contribution is 5.16. The van der Waals surface area contributed by atoms with Crippen LogP contribution in [0.3, 0.4) is 0 Å². The van der Waals surface area contributed by atoms with E-state index in [4.69, 9.17) is 0 Å². The molecule has 3 heteroatoms. The van der Waals surface area contributed by atoms with Crippen LogP contribution in [0.1, 0.15) is 44.3 Å². The lowest BCUT2D eigenvalue weighted by atomic mass is 9.49. The van der Waals surface area contributed by atoms with Crippen LogP contribution in [0.25, 0.3) is 0 Å². The summed E-state index contributed by atoms with van der Waals surface area (Å²) in [4.78, 5) is 12.8. The molecule has 4 fully saturated rings. The highest BCUT2D eigenvalue weighted by Gasteiger charge is 2.52. The molecule has 1 heterocycles. The fraction of sp³-hybridized carbons (Fsp3) is 0.769. The second-order valence-electron chi connectivity index (χ2n) is 6.16. The first kappa shape index (κ1) is 9.08. The quantitative estimate of drug-likeness (QED) is 0.721. The SMILES string of the molecule is c1ncnc(C23CC4CC(CC(C4)C2)C3)n1. The van der Waals surface area contributed by atoms with E-state index in [0.29, 0.717) is 5.41 Å². The Morgan fingerprint density at radius 2 is 1.38 bits per heavy atom. The molecule has 1 aromatic rings. The predicted molar refractivity (Wildman–Crippen MR) is 59.7 cm³/mol. The molecule has 16 heavy (non-hydrogen) atoms. The lowest BCUT2D eigenvalue weighted by molar-refractivity contribution is -0.00951. The molecule has 0 atom stereocenters. The van der Waals surface area contributed by atoms with Crippen molar-refractivity contribution < 1.29 is 0 Å². The minimum Gasteiger partial charge on any atom is -0.225 e. The normalized spacial score (nSPS) is 44.9. The van der Waals surface area contributed by atoms with Gasteiger partial charge in [-0.2, -0.15) is 0 Å². The standard InChI is InChI=1S/C13H17N3/c1-9-2-11-3-10(1)5-13(4-9,6-11)12-15-7-14-8-16-12/h7-11H,1-6H2. The Bertz CT molecular complexity index is 366. The molecule has 4 saturated carbocycles. The predicted octanol–water partition coefficient (Wildman–Crippen LogP) is 2.34. The van der Waals surface area contributed by atoms with E-state index in [9.17, 15) is 0 Å². The Morgan fingerprint density at radius 1 is 0.875 bits per heavy atom. The molecule has 0 aromatic carbocycles. The van der Waals surface area contributed by atoms with E-state index in [1.807, 2.05) is 0 Å². The van der Waals surface area contributed by atoms with Gasteiger partial charge < -0.3 is 0 Å². The molecule has 4 bridgehead atoms. The third kappa shape index (κ3) is 1.17. The van der Waals surface area contributed by atoms with Crippen LogP contribution in [-0.4, -0.2) is 15.0 Å². The molecule has 0 spiro atoms. The Labute approximate surface area is 95.7 Å². The van der Waals surface area contributed by atoms with Crippen molar-refractivity contribution in [2.45, 2.75) is 43.9 Å². The Hall–Kier alpha value is -0.990. The van der Waals surface area contributed by atoms with Crippen LogP contribution >= 0.6 is 0 Å². The Morgan fingerprint density at radius 3 is 1.88 bits per heavy atom. The van der Waals surface area contributed by atoms with Gasteiger partial charge in [0.2, 0.25) is 0 Å². The topological polar surface area (TPSA) is 38.7 Å². The van der Waals surface area contributed by atoms with Gasteiger partial charge in [0, 0.05) is 5.41 Å².